The van der Waals surface area contributed by atoms with Crippen molar-refractivity contribution in [2.75, 3.05) is 31.1 Å². The van der Waals surface area contributed by atoms with Crippen LogP contribution in [0.25, 0.3) is 11.3 Å². The molecule has 4 rings (SSSR count). The maximum atomic E-state index is 13.2. The monoisotopic (exact) mass is 401 g/mol. The Kier molecular flexibility index (Phi) is 4.91. The number of rotatable bonds is 4. The Morgan fingerprint density at radius 1 is 0.964 bits per heavy atom. The van der Waals surface area contributed by atoms with Gasteiger partial charge < -0.3 is 9.32 Å². The van der Waals surface area contributed by atoms with Crippen molar-refractivity contribution in [3.05, 3.63) is 66.3 Å². The van der Waals surface area contributed by atoms with Crippen LogP contribution in [-0.2, 0) is 10.0 Å². The molecule has 6 nitrogen and oxygen atoms in total. The van der Waals surface area contributed by atoms with Gasteiger partial charge in [-0.1, -0.05) is 30.3 Å². The van der Waals surface area contributed by atoms with E-state index in [-0.39, 0.29) is 16.6 Å². The molecule has 0 unspecified atom stereocenters. The zero-order chi connectivity index (χ0) is 19.7. The summed E-state index contributed by atoms with van der Waals surface area (Å²) in [5, 5.41) is -0.0496. The molecule has 0 radical (unpaired) electrons. The van der Waals surface area contributed by atoms with E-state index in [1.807, 2.05) is 23.1 Å². The molecule has 146 valence electrons. The third kappa shape index (κ3) is 3.53. The molecule has 8 heteroatoms. The van der Waals surface area contributed by atoms with Gasteiger partial charge in [-0.2, -0.15) is 4.31 Å². The molecule has 2 aromatic carbocycles. The number of nitrogens with zero attached hydrogens (tertiary/aromatic N) is 3. The lowest BCUT2D eigenvalue weighted by Crippen LogP contribution is -2.48. The number of aryl methyl sites for hydroxylation is 1. The first-order chi connectivity index (χ1) is 13.4. The fraction of sp³-hybridized carbons (Fsp3) is 0.250. The third-order valence-electron chi connectivity index (χ3n) is 4.75. The lowest BCUT2D eigenvalue weighted by molar-refractivity contribution is 0.383. The van der Waals surface area contributed by atoms with Gasteiger partial charge >= 0.3 is 0 Å². The molecule has 28 heavy (non-hydrogen) atoms. The number of oxazole rings is 1. The molecule has 1 fully saturated rings. The zero-order valence-electron chi connectivity index (χ0n) is 15.4. The quantitative estimate of drug-likeness (QED) is 0.671. The highest BCUT2D eigenvalue weighted by Gasteiger charge is 2.34. The molecule has 1 saturated heterocycles. The molecule has 3 aromatic rings. The summed E-state index contributed by atoms with van der Waals surface area (Å²) in [6.45, 7) is 3.31. The molecule has 1 aliphatic heterocycles. The summed E-state index contributed by atoms with van der Waals surface area (Å²) in [5.41, 5.74) is 1.55. The van der Waals surface area contributed by atoms with E-state index in [1.54, 1.807) is 31.2 Å². The summed E-state index contributed by atoms with van der Waals surface area (Å²) in [4.78, 5) is 6.21. The van der Waals surface area contributed by atoms with E-state index in [0.717, 1.165) is 5.69 Å². The minimum atomic E-state index is -3.79. The number of hydrogen-bond acceptors (Lipinski definition) is 5. The second-order valence-electron chi connectivity index (χ2n) is 6.60. The number of sulfonamides is 1. The van der Waals surface area contributed by atoms with Gasteiger partial charge in [-0.3, -0.25) is 0 Å². The molecular formula is C20H20FN3O3S. The van der Waals surface area contributed by atoms with E-state index in [9.17, 15) is 12.8 Å². The maximum absolute atomic E-state index is 13.2. The van der Waals surface area contributed by atoms with Crippen molar-refractivity contribution in [3.63, 3.8) is 0 Å². The Morgan fingerprint density at radius 3 is 2.25 bits per heavy atom. The van der Waals surface area contributed by atoms with Gasteiger partial charge in [0.05, 0.1) is 0 Å². The van der Waals surface area contributed by atoms with Gasteiger partial charge in [-0.05, 0) is 24.3 Å². The van der Waals surface area contributed by atoms with Crippen LogP contribution >= 0.6 is 0 Å². The highest BCUT2D eigenvalue weighted by Crippen LogP contribution is 2.30. The van der Waals surface area contributed by atoms with Crippen LogP contribution in [0.5, 0.6) is 0 Å². The summed E-state index contributed by atoms with van der Waals surface area (Å²) in [7, 11) is -3.79. The molecule has 0 N–H and O–H groups in total. The summed E-state index contributed by atoms with van der Waals surface area (Å²) in [6, 6.07) is 15.3. The van der Waals surface area contributed by atoms with Crippen LogP contribution < -0.4 is 4.90 Å². The van der Waals surface area contributed by atoms with Gasteiger partial charge in [0.2, 0.25) is 5.03 Å². The molecule has 0 spiro atoms. The summed E-state index contributed by atoms with van der Waals surface area (Å²) in [5.74, 6) is 0.279. The largest absolute Gasteiger partial charge is 0.440 e. The first-order valence-corrected chi connectivity index (χ1v) is 10.4. The van der Waals surface area contributed by atoms with Crippen molar-refractivity contribution in [3.8, 4) is 11.3 Å². The van der Waals surface area contributed by atoms with Crippen LogP contribution in [0, 0.1) is 12.7 Å². The second-order valence-corrected chi connectivity index (χ2v) is 8.45. The van der Waals surface area contributed by atoms with Crippen molar-refractivity contribution < 1.29 is 17.2 Å². The highest BCUT2D eigenvalue weighted by atomic mass is 32.2. The van der Waals surface area contributed by atoms with Crippen molar-refractivity contribution in [2.24, 2.45) is 0 Å². The fourth-order valence-electron chi connectivity index (χ4n) is 3.32. The maximum Gasteiger partial charge on any atom is 0.264 e. The smallest absolute Gasteiger partial charge is 0.264 e. The average Bonchev–Trinajstić information content (AvgIpc) is 3.12. The Balaban J connectivity index is 1.57. The van der Waals surface area contributed by atoms with Gasteiger partial charge in [0.1, 0.15) is 5.82 Å². The van der Waals surface area contributed by atoms with E-state index in [2.05, 4.69) is 4.98 Å². The van der Waals surface area contributed by atoms with E-state index < -0.39 is 10.0 Å². The van der Waals surface area contributed by atoms with Crippen LogP contribution in [0.3, 0.4) is 0 Å². The summed E-state index contributed by atoms with van der Waals surface area (Å²) >= 11 is 0. The van der Waals surface area contributed by atoms with Gasteiger partial charge in [0.15, 0.2) is 11.7 Å². The number of piperazine rings is 1. The van der Waals surface area contributed by atoms with Gasteiger partial charge in [-0.25, -0.2) is 17.8 Å². The Morgan fingerprint density at radius 2 is 1.61 bits per heavy atom. The van der Waals surface area contributed by atoms with Crippen LogP contribution in [0.4, 0.5) is 10.1 Å². The Hall–Kier alpha value is -2.71. The van der Waals surface area contributed by atoms with E-state index >= 15 is 0 Å². The van der Waals surface area contributed by atoms with Crippen LogP contribution in [0.15, 0.2) is 64.0 Å². The van der Waals surface area contributed by atoms with Crippen LogP contribution in [0.2, 0.25) is 0 Å². The second kappa shape index (κ2) is 7.37. The topological polar surface area (TPSA) is 66.7 Å². The minimum Gasteiger partial charge on any atom is -0.440 e. The van der Waals surface area contributed by atoms with Gasteiger partial charge in [-0.15, -0.1) is 0 Å². The zero-order valence-corrected chi connectivity index (χ0v) is 16.2. The number of benzene rings is 2. The van der Waals surface area contributed by atoms with E-state index in [0.29, 0.717) is 37.6 Å². The lowest BCUT2D eigenvalue weighted by atomic mass is 10.2. The van der Waals surface area contributed by atoms with Crippen molar-refractivity contribution in [2.45, 2.75) is 11.9 Å². The predicted molar refractivity (Wildman–Crippen MR) is 104 cm³/mol. The minimum absolute atomic E-state index is 0.0496. The molecule has 1 aliphatic rings. The molecule has 0 amide bonds. The molecule has 0 atom stereocenters. The predicted octanol–water partition coefficient (Wildman–Crippen LogP) is 3.30. The SMILES string of the molecule is Cc1nc(S(=O)(=O)N2CCN(c3ccc(F)cc3)CC2)c(-c2ccccc2)o1. The number of hydrogen-bond donors (Lipinski definition) is 0. The van der Waals surface area contributed by atoms with Crippen molar-refractivity contribution in [1.29, 1.82) is 0 Å². The average molecular weight is 401 g/mol. The van der Waals surface area contributed by atoms with Crippen molar-refractivity contribution >= 4 is 15.7 Å². The molecule has 1 aromatic heterocycles. The first kappa shape index (κ1) is 18.6. The molecule has 0 bridgehead atoms. The standard InChI is InChI=1S/C20H20FN3O3S/c1-15-22-20(19(27-15)16-5-3-2-4-6-16)28(25,26)24-13-11-23(12-14-24)18-9-7-17(21)8-10-18/h2-10H,11-14H2,1H3. The van der Waals surface area contributed by atoms with E-state index in [1.165, 1.54) is 16.4 Å². The fourth-order valence-corrected chi connectivity index (χ4v) is 4.84. The van der Waals surface area contributed by atoms with Gasteiger partial charge in [0.25, 0.3) is 10.0 Å². The lowest BCUT2D eigenvalue weighted by Gasteiger charge is -2.35. The third-order valence-corrected chi connectivity index (χ3v) is 6.56. The van der Waals surface area contributed by atoms with Crippen LogP contribution in [-0.4, -0.2) is 43.9 Å². The first-order valence-electron chi connectivity index (χ1n) is 8.99. The normalized spacial score (nSPS) is 15.7. The number of halogens is 1. The molecule has 0 aliphatic carbocycles. The summed E-state index contributed by atoms with van der Waals surface area (Å²) in [6.07, 6.45) is 0. The van der Waals surface area contributed by atoms with Crippen molar-refractivity contribution in [1.82, 2.24) is 9.29 Å². The number of aromatic nitrogens is 1. The molecule has 0 saturated carbocycles. The Bertz CT molecular complexity index is 1060. The van der Waals surface area contributed by atoms with Crippen LogP contribution in [0.1, 0.15) is 5.89 Å². The van der Waals surface area contributed by atoms with E-state index in [4.69, 9.17) is 4.42 Å². The molecular weight excluding hydrogens is 381 g/mol. The summed E-state index contributed by atoms with van der Waals surface area (Å²) < 4.78 is 46.6. The number of anilines is 1. The molecule has 2 heterocycles. The Labute approximate surface area is 163 Å². The highest BCUT2D eigenvalue weighted by molar-refractivity contribution is 7.89. The van der Waals surface area contributed by atoms with Gasteiger partial charge in [0, 0.05) is 44.4 Å².